The van der Waals surface area contributed by atoms with Crippen LogP contribution < -0.4 is 5.32 Å². The van der Waals surface area contributed by atoms with Crippen molar-refractivity contribution in [3.63, 3.8) is 0 Å². The lowest BCUT2D eigenvalue weighted by Crippen LogP contribution is -2.54. The average molecular weight is 462 g/mol. The molecule has 8 heteroatoms. The van der Waals surface area contributed by atoms with Crippen LogP contribution in [0.4, 0.5) is 18.9 Å². The summed E-state index contributed by atoms with van der Waals surface area (Å²) in [6.45, 7) is 5.25. The minimum Gasteiger partial charge on any atom is -0.336 e. The number of anilines is 1. The Kier molecular flexibility index (Phi) is 7.17. The van der Waals surface area contributed by atoms with Crippen LogP contribution in [0, 0.1) is 26.2 Å². The van der Waals surface area contributed by atoms with Crippen LogP contribution in [0.15, 0.2) is 42.5 Å². The fourth-order valence-electron chi connectivity index (χ4n) is 4.60. The minimum absolute atomic E-state index is 0.155. The van der Waals surface area contributed by atoms with Crippen molar-refractivity contribution >= 4 is 17.5 Å². The SMILES string of the molecule is Cc1cc(C)c(NC(=O)CN(C)C(=O)C2(C(F)(F)F)CCN(Cc3ccccc3)C2)c(C)c1. The summed E-state index contributed by atoms with van der Waals surface area (Å²) in [4.78, 5) is 28.2. The van der Waals surface area contributed by atoms with Crippen LogP contribution in [-0.2, 0) is 16.1 Å². The van der Waals surface area contributed by atoms with E-state index in [1.165, 1.54) is 7.05 Å². The molecule has 0 radical (unpaired) electrons. The van der Waals surface area contributed by atoms with Crippen molar-refractivity contribution in [1.82, 2.24) is 9.80 Å². The predicted molar refractivity (Wildman–Crippen MR) is 122 cm³/mol. The first-order chi connectivity index (χ1) is 15.4. The molecule has 0 saturated carbocycles. The molecule has 1 N–H and O–H groups in total. The third-order valence-electron chi connectivity index (χ3n) is 6.22. The second-order valence-electron chi connectivity index (χ2n) is 9.01. The van der Waals surface area contributed by atoms with Crippen molar-refractivity contribution < 1.29 is 22.8 Å². The number of carbonyl (C=O) groups excluding carboxylic acids is 2. The van der Waals surface area contributed by atoms with Crippen LogP contribution in [-0.4, -0.2) is 54.5 Å². The Morgan fingerprint density at radius 1 is 1.09 bits per heavy atom. The number of hydrogen-bond donors (Lipinski definition) is 1. The number of nitrogens with zero attached hydrogens (tertiary/aromatic N) is 2. The van der Waals surface area contributed by atoms with Crippen molar-refractivity contribution in [2.75, 3.05) is 32.0 Å². The van der Waals surface area contributed by atoms with Crippen LogP contribution in [0.25, 0.3) is 0 Å². The van der Waals surface area contributed by atoms with Crippen molar-refractivity contribution in [2.45, 2.75) is 39.9 Å². The molecule has 0 bridgehead atoms. The van der Waals surface area contributed by atoms with E-state index < -0.39 is 36.5 Å². The van der Waals surface area contributed by atoms with Gasteiger partial charge in [-0.05, 0) is 50.4 Å². The van der Waals surface area contributed by atoms with Crippen molar-refractivity contribution in [3.8, 4) is 0 Å². The smallest absolute Gasteiger partial charge is 0.336 e. The Hall–Kier alpha value is -2.87. The number of likely N-dealkylation sites (tertiary alicyclic amines) is 1. The van der Waals surface area contributed by atoms with Gasteiger partial charge in [-0.25, -0.2) is 0 Å². The molecule has 1 heterocycles. The van der Waals surface area contributed by atoms with Gasteiger partial charge in [0.25, 0.3) is 0 Å². The number of hydrogen-bond acceptors (Lipinski definition) is 3. The Morgan fingerprint density at radius 2 is 1.70 bits per heavy atom. The summed E-state index contributed by atoms with van der Waals surface area (Å²) in [7, 11) is 1.25. The highest BCUT2D eigenvalue weighted by molar-refractivity contribution is 5.96. The maximum atomic E-state index is 14.2. The minimum atomic E-state index is -4.72. The molecule has 0 aromatic heterocycles. The predicted octanol–water partition coefficient (Wildman–Crippen LogP) is 4.46. The van der Waals surface area contributed by atoms with Crippen LogP contribution in [0.5, 0.6) is 0 Å². The van der Waals surface area contributed by atoms with E-state index in [2.05, 4.69) is 5.32 Å². The molecule has 3 rings (SSSR count). The molecule has 1 fully saturated rings. The molecule has 33 heavy (non-hydrogen) atoms. The van der Waals surface area contributed by atoms with Crippen LogP contribution in [0.1, 0.15) is 28.7 Å². The lowest BCUT2D eigenvalue weighted by molar-refractivity contribution is -0.223. The summed E-state index contributed by atoms with van der Waals surface area (Å²) >= 11 is 0. The number of nitrogens with one attached hydrogen (secondary N) is 1. The van der Waals surface area contributed by atoms with E-state index in [9.17, 15) is 22.8 Å². The van der Waals surface area contributed by atoms with Gasteiger partial charge in [-0.15, -0.1) is 0 Å². The molecule has 0 aliphatic carbocycles. The molecular weight excluding hydrogens is 431 g/mol. The Morgan fingerprint density at radius 3 is 2.27 bits per heavy atom. The van der Waals surface area contributed by atoms with Crippen molar-refractivity contribution in [3.05, 3.63) is 64.7 Å². The zero-order valence-electron chi connectivity index (χ0n) is 19.4. The summed E-state index contributed by atoms with van der Waals surface area (Å²) < 4.78 is 42.6. The van der Waals surface area contributed by atoms with Gasteiger partial charge < -0.3 is 10.2 Å². The zero-order valence-corrected chi connectivity index (χ0v) is 19.4. The van der Waals surface area contributed by atoms with Gasteiger partial charge in [-0.3, -0.25) is 14.5 Å². The van der Waals surface area contributed by atoms with Crippen molar-refractivity contribution in [2.24, 2.45) is 5.41 Å². The summed E-state index contributed by atoms with van der Waals surface area (Å²) in [6, 6.07) is 13.0. The number of halogens is 3. The highest BCUT2D eigenvalue weighted by Crippen LogP contribution is 2.47. The number of aryl methyl sites for hydroxylation is 3. The topological polar surface area (TPSA) is 52.7 Å². The lowest BCUT2D eigenvalue weighted by Gasteiger charge is -2.34. The lowest BCUT2D eigenvalue weighted by atomic mass is 9.84. The van der Waals surface area contributed by atoms with Gasteiger partial charge in [-0.1, -0.05) is 48.0 Å². The van der Waals surface area contributed by atoms with Gasteiger partial charge in [0.05, 0.1) is 6.54 Å². The fraction of sp³-hybridized carbons (Fsp3) is 0.440. The van der Waals surface area contributed by atoms with Crippen LogP contribution >= 0.6 is 0 Å². The summed E-state index contributed by atoms with van der Waals surface area (Å²) in [6.07, 6.45) is -5.05. The maximum Gasteiger partial charge on any atom is 0.404 e. The molecule has 1 atom stereocenters. The average Bonchev–Trinajstić information content (AvgIpc) is 3.16. The molecule has 1 saturated heterocycles. The van der Waals surface area contributed by atoms with E-state index in [1.807, 2.05) is 63.2 Å². The zero-order chi connectivity index (χ0) is 24.4. The number of carbonyl (C=O) groups is 2. The van der Waals surface area contributed by atoms with Gasteiger partial charge in [0, 0.05) is 25.8 Å². The van der Waals surface area contributed by atoms with E-state index in [0.717, 1.165) is 27.2 Å². The first-order valence-corrected chi connectivity index (χ1v) is 10.9. The second kappa shape index (κ2) is 9.55. The number of alkyl halides is 3. The third kappa shape index (κ3) is 5.38. The monoisotopic (exact) mass is 461 g/mol. The first kappa shape index (κ1) is 24.8. The molecule has 2 amide bonds. The molecule has 0 spiro atoms. The second-order valence-corrected chi connectivity index (χ2v) is 9.01. The Balaban J connectivity index is 1.71. The molecule has 1 aliphatic heterocycles. The largest absolute Gasteiger partial charge is 0.404 e. The fourth-order valence-corrected chi connectivity index (χ4v) is 4.60. The molecule has 1 unspecified atom stereocenters. The highest BCUT2D eigenvalue weighted by Gasteiger charge is 2.63. The molecule has 1 aliphatic rings. The highest BCUT2D eigenvalue weighted by atomic mass is 19.4. The quantitative estimate of drug-likeness (QED) is 0.691. The number of benzene rings is 2. The van der Waals surface area contributed by atoms with E-state index in [-0.39, 0.29) is 13.0 Å². The maximum absolute atomic E-state index is 14.2. The molecule has 2 aromatic carbocycles. The third-order valence-corrected chi connectivity index (χ3v) is 6.22. The Bertz CT molecular complexity index is 1000. The van der Waals surface area contributed by atoms with Crippen LogP contribution in [0.2, 0.25) is 0 Å². The standard InChI is InChI=1S/C25H30F3N3O2/c1-17-12-18(2)22(19(3)13-17)29-21(32)15-30(4)23(33)24(25(26,27)28)10-11-31(16-24)14-20-8-6-5-7-9-20/h5-9,12-13H,10-11,14-16H2,1-4H3,(H,29,32). The first-order valence-electron chi connectivity index (χ1n) is 10.9. The Labute approximate surface area is 192 Å². The summed E-state index contributed by atoms with van der Waals surface area (Å²) in [5.74, 6) is -1.60. The van der Waals surface area contributed by atoms with E-state index in [1.54, 1.807) is 4.90 Å². The van der Waals surface area contributed by atoms with E-state index in [0.29, 0.717) is 12.2 Å². The molecular formula is C25H30F3N3O2. The van der Waals surface area contributed by atoms with Gasteiger partial charge in [-0.2, -0.15) is 13.2 Å². The van der Waals surface area contributed by atoms with Gasteiger partial charge in [0.1, 0.15) is 0 Å². The molecule has 5 nitrogen and oxygen atoms in total. The summed E-state index contributed by atoms with van der Waals surface area (Å²) in [5.41, 5.74) is 1.74. The molecule has 2 aromatic rings. The number of rotatable bonds is 6. The van der Waals surface area contributed by atoms with Gasteiger partial charge in [0.15, 0.2) is 5.41 Å². The normalized spacial score (nSPS) is 18.9. The van der Waals surface area contributed by atoms with E-state index in [4.69, 9.17) is 0 Å². The van der Waals surface area contributed by atoms with Crippen LogP contribution in [0.3, 0.4) is 0 Å². The number of likely N-dealkylation sites (N-methyl/N-ethyl adjacent to an activating group) is 1. The number of amides is 2. The van der Waals surface area contributed by atoms with Crippen molar-refractivity contribution in [1.29, 1.82) is 0 Å². The van der Waals surface area contributed by atoms with E-state index >= 15 is 0 Å². The van der Waals surface area contributed by atoms with Gasteiger partial charge in [0.2, 0.25) is 11.8 Å². The van der Waals surface area contributed by atoms with Gasteiger partial charge >= 0.3 is 6.18 Å². The summed E-state index contributed by atoms with van der Waals surface area (Å²) in [5, 5.41) is 2.75. The molecule has 178 valence electrons.